The molecule has 0 spiro atoms. The van der Waals surface area contributed by atoms with Crippen LogP contribution in [0, 0.1) is 5.92 Å². The van der Waals surface area contributed by atoms with Crippen molar-refractivity contribution in [3.8, 4) is 0 Å². The highest BCUT2D eigenvalue weighted by molar-refractivity contribution is 5.97. The molecule has 8 nitrogen and oxygen atoms in total. The number of nitrogens with zero attached hydrogens (tertiary/aromatic N) is 4. The van der Waals surface area contributed by atoms with Crippen LogP contribution in [0.2, 0.25) is 0 Å². The molecule has 2 unspecified atom stereocenters. The second kappa shape index (κ2) is 11.1. The van der Waals surface area contributed by atoms with E-state index in [4.69, 9.17) is 0 Å². The third kappa shape index (κ3) is 5.67. The lowest BCUT2D eigenvalue weighted by Gasteiger charge is -2.33. The molecule has 2 N–H and O–H groups in total. The molecule has 0 saturated carbocycles. The Balaban J connectivity index is 0.00000171. The highest BCUT2D eigenvalue weighted by Crippen LogP contribution is 2.21. The summed E-state index contributed by atoms with van der Waals surface area (Å²) >= 11 is 0. The first-order chi connectivity index (χ1) is 14.0. The van der Waals surface area contributed by atoms with Crippen molar-refractivity contribution in [3.63, 3.8) is 0 Å². The minimum absolute atomic E-state index is 0. The summed E-state index contributed by atoms with van der Waals surface area (Å²) in [7, 11) is 0. The van der Waals surface area contributed by atoms with Crippen LogP contribution in [0.15, 0.2) is 18.5 Å². The molecule has 4 heterocycles. The van der Waals surface area contributed by atoms with Gasteiger partial charge in [0.1, 0.15) is 0 Å². The standard InChI is InChI=1S/C21H30N6O2.2ClH/c1-14(2)27-19-16(12-25-27)9-17(11-23-19)21(29)26-8-4-5-15(13-26)10-24-20(28)18-6-3-7-22-18;;/h9,11-12,14-15,18,22H,3-8,10,13H2,1-2H3,(H,24,28);2*1H. The molecule has 31 heavy (non-hydrogen) atoms. The topological polar surface area (TPSA) is 92.2 Å². The van der Waals surface area contributed by atoms with Gasteiger partial charge in [-0.2, -0.15) is 5.10 Å². The first-order valence-electron chi connectivity index (χ1n) is 10.7. The van der Waals surface area contributed by atoms with Gasteiger partial charge in [0.2, 0.25) is 5.91 Å². The molecule has 2 saturated heterocycles. The zero-order chi connectivity index (χ0) is 20.4. The van der Waals surface area contributed by atoms with E-state index in [1.807, 2.05) is 15.6 Å². The van der Waals surface area contributed by atoms with E-state index in [2.05, 4.69) is 34.6 Å². The molecule has 2 fully saturated rings. The fraction of sp³-hybridized carbons (Fsp3) is 0.619. The molecule has 172 valence electrons. The van der Waals surface area contributed by atoms with Gasteiger partial charge in [0, 0.05) is 37.3 Å². The number of nitrogens with one attached hydrogen (secondary N) is 2. The minimum Gasteiger partial charge on any atom is -0.354 e. The van der Waals surface area contributed by atoms with E-state index in [0.717, 1.165) is 49.8 Å². The molecule has 2 aromatic heterocycles. The van der Waals surface area contributed by atoms with Crippen LogP contribution in [0.5, 0.6) is 0 Å². The van der Waals surface area contributed by atoms with Gasteiger partial charge in [0.05, 0.1) is 17.8 Å². The van der Waals surface area contributed by atoms with Crippen molar-refractivity contribution in [3.05, 3.63) is 24.0 Å². The molecule has 10 heteroatoms. The van der Waals surface area contributed by atoms with Crippen molar-refractivity contribution in [2.75, 3.05) is 26.2 Å². The van der Waals surface area contributed by atoms with Gasteiger partial charge < -0.3 is 15.5 Å². The van der Waals surface area contributed by atoms with Crippen LogP contribution in [-0.2, 0) is 4.79 Å². The minimum atomic E-state index is -0.0547. The molecule has 2 aromatic rings. The fourth-order valence-electron chi connectivity index (χ4n) is 4.31. The lowest BCUT2D eigenvalue weighted by Crippen LogP contribution is -2.46. The van der Waals surface area contributed by atoms with Crippen molar-refractivity contribution in [1.29, 1.82) is 0 Å². The van der Waals surface area contributed by atoms with Gasteiger partial charge in [0.25, 0.3) is 5.91 Å². The first kappa shape index (κ1) is 25.4. The predicted molar refractivity (Wildman–Crippen MR) is 125 cm³/mol. The Morgan fingerprint density at radius 1 is 1.23 bits per heavy atom. The Hall–Kier alpha value is -1.90. The summed E-state index contributed by atoms with van der Waals surface area (Å²) in [4.78, 5) is 31.6. The number of pyridine rings is 1. The summed E-state index contributed by atoms with van der Waals surface area (Å²) in [5, 5.41) is 11.6. The monoisotopic (exact) mass is 470 g/mol. The van der Waals surface area contributed by atoms with E-state index in [-0.39, 0.29) is 48.7 Å². The number of fused-ring (bicyclic) bond motifs is 1. The van der Waals surface area contributed by atoms with Crippen molar-refractivity contribution < 1.29 is 9.59 Å². The number of carbonyl (C=O) groups excluding carboxylic acids is 2. The molecule has 2 amide bonds. The number of aromatic nitrogens is 3. The van der Waals surface area contributed by atoms with Gasteiger partial charge in [-0.3, -0.25) is 9.59 Å². The van der Waals surface area contributed by atoms with Gasteiger partial charge in [-0.1, -0.05) is 0 Å². The molecular weight excluding hydrogens is 439 g/mol. The normalized spacial score (nSPS) is 20.9. The number of piperidine rings is 1. The van der Waals surface area contributed by atoms with Gasteiger partial charge in [-0.15, -0.1) is 24.8 Å². The van der Waals surface area contributed by atoms with Crippen LogP contribution >= 0.6 is 24.8 Å². The molecular formula is C21H32Cl2N6O2. The maximum atomic E-state index is 13.0. The summed E-state index contributed by atoms with van der Waals surface area (Å²) in [6, 6.07) is 2.05. The van der Waals surface area contributed by atoms with Crippen LogP contribution in [0.1, 0.15) is 55.9 Å². The average molecular weight is 471 g/mol. The SMILES string of the molecule is CC(C)n1ncc2cc(C(=O)N3CCCC(CNC(=O)C4CCCN4)C3)cnc21.Cl.Cl. The Bertz CT molecular complexity index is 897. The molecule has 0 aromatic carbocycles. The van der Waals surface area contributed by atoms with E-state index >= 15 is 0 Å². The number of halogens is 2. The highest BCUT2D eigenvalue weighted by Gasteiger charge is 2.27. The number of likely N-dealkylation sites (tertiary alicyclic amines) is 1. The van der Waals surface area contributed by atoms with Crippen LogP contribution in [0.3, 0.4) is 0 Å². The maximum Gasteiger partial charge on any atom is 0.255 e. The Labute approximate surface area is 195 Å². The molecule has 0 bridgehead atoms. The van der Waals surface area contributed by atoms with E-state index in [0.29, 0.717) is 24.6 Å². The number of carbonyl (C=O) groups is 2. The van der Waals surface area contributed by atoms with Crippen molar-refractivity contribution in [2.24, 2.45) is 5.92 Å². The van der Waals surface area contributed by atoms with E-state index in [1.54, 1.807) is 12.4 Å². The molecule has 0 radical (unpaired) electrons. The number of hydrogen-bond acceptors (Lipinski definition) is 5. The van der Waals surface area contributed by atoms with Crippen LogP contribution in [0.25, 0.3) is 11.0 Å². The Kier molecular flexibility index (Phi) is 9.09. The van der Waals surface area contributed by atoms with Crippen LogP contribution in [0.4, 0.5) is 0 Å². The zero-order valence-corrected chi connectivity index (χ0v) is 19.7. The van der Waals surface area contributed by atoms with Crippen molar-refractivity contribution >= 4 is 47.7 Å². The summed E-state index contributed by atoms with van der Waals surface area (Å²) in [6.45, 7) is 7.07. The van der Waals surface area contributed by atoms with Gasteiger partial charge in [0.15, 0.2) is 5.65 Å². The first-order valence-corrected chi connectivity index (χ1v) is 10.7. The molecule has 2 aliphatic rings. The third-order valence-corrected chi connectivity index (χ3v) is 5.92. The lowest BCUT2D eigenvalue weighted by molar-refractivity contribution is -0.123. The van der Waals surface area contributed by atoms with Gasteiger partial charge in [-0.05, 0) is 58.1 Å². The lowest BCUT2D eigenvalue weighted by atomic mass is 9.97. The number of hydrogen-bond donors (Lipinski definition) is 2. The predicted octanol–water partition coefficient (Wildman–Crippen LogP) is 2.58. The zero-order valence-electron chi connectivity index (χ0n) is 18.0. The number of rotatable bonds is 5. The summed E-state index contributed by atoms with van der Waals surface area (Å²) < 4.78 is 1.86. The summed E-state index contributed by atoms with van der Waals surface area (Å²) in [5.41, 5.74) is 1.40. The fourth-order valence-corrected chi connectivity index (χ4v) is 4.31. The molecule has 4 rings (SSSR count). The maximum absolute atomic E-state index is 13.0. The second-order valence-electron chi connectivity index (χ2n) is 8.47. The van der Waals surface area contributed by atoms with E-state index in [1.165, 1.54) is 0 Å². The van der Waals surface area contributed by atoms with E-state index < -0.39 is 0 Å². The smallest absolute Gasteiger partial charge is 0.255 e. The highest BCUT2D eigenvalue weighted by atomic mass is 35.5. The van der Waals surface area contributed by atoms with Crippen molar-refractivity contribution in [2.45, 2.75) is 51.6 Å². The average Bonchev–Trinajstić information content (AvgIpc) is 3.41. The number of amides is 2. The Morgan fingerprint density at radius 2 is 2.03 bits per heavy atom. The molecule has 2 aliphatic heterocycles. The van der Waals surface area contributed by atoms with Crippen LogP contribution in [-0.4, -0.2) is 63.7 Å². The van der Waals surface area contributed by atoms with E-state index in [9.17, 15) is 9.59 Å². The van der Waals surface area contributed by atoms with Crippen LogP contribution < -0.4 is 10.6 Å². The van der Waals surface area contributed by atoms with Gasteiger partial charge >= 0.3 is 0 Å². The summed E-state index contributed by atoms with van der Waals surface area (Å²) in [5.74, 6) is 0.381. The Morgan fingerprint density at radius 3 is 2.74 bits per heavy atom. The second-order valence-corrected chi connectivity index (χ2v) is 8.47. The van der Waals surface area contributed by atoms with Gasteiger partial charge in [-0.25, -0.2) is 9.67 Å². The third-order valence-electron chi connectivity index (χ3n) is 5.92. The molecule has 2 atom stereocenters. The molecule has 0 aliphatic carbocycles. The summed E-state index contributed by atoms with van der Waals surface area (Å²) in [6.07, 6.45) is 7.37. The quantitative estimate of drug-likeness (QED) is 0.700. The van der Waals surface area contributed by atoms with Crippen molar-refractivity contribution in [1.82, 2.24) is 30.3 Å². The largest absolute Gasteiger partial charge is 0.354 e.